The number of hydrogen-bond donors (Lipinski definition) is 1. The second-order valence-electron chi connectivity index (χ2n) is 6.74. The van der Waals surface area contributed by atoms with Crippen LogP contribution in [0.1, 0.15) is 17.2 Å². The maximum Gasteiger partial charge on any atom is 0.322 e. The molecular formula is C21H15ClFN3OS. The van der Waals surface area contributed by atoms with E-state index in [0.29, 0.717) is 22.1 Å². The molecular weight excluding hydrogens is 397 g/mol. The maximum absolute atomic E-state index is 15.0. The van der Waals surface area contributed by atoms with Crippen LogP contribution in [-0.4, -0.2) is 18.8 Å². The first kappa shape index (κ1) is 17.4. The average molecular weight is 412 g/mol. The Morgan fingerprint density at radius 2 is 2.07 bits per heavy atom. The lowest BCUT2D eigenvalue weighted by atomic mass is 10.0. The van der Waals surface area contributed by atoms with Crippen molar-refractivity contribution in [3.63, 3.8) is 0 Å². The first-order valence-corrected chi connectivity index (χ1v) is 10.1. The number of benzene rings is 2. The molecule has 0 spiro atoms. The predicted octanol–water partition coefficient (Wildman–Crippen LogP) is 5.74. The number of anilines is 1. The van der Waals surface area contributed by atoms with Gasteiger partial charge >= 0.3 is 6.03 Å². The van der Waals surface area contributed by atoms with Crippen molar-refractivity contribution in [1.29, 1.82) is 0 Å². The van der Waals surface area contributed by atoms with Crippen molar-refractivity contribution in [3.05, 3.63) is 69.8 Å². The van der Waals surface area contributed by atoms with Crippen LogP contribution in [0, 0.1) is 5.82 Å². The summed E-state index contributed by atoms with van der Waals surface area (Å²) < 4.78 is 15.7. The number of carbonyl (C=O) groups is 1. The van der Waals surface area contributed by atoms with Crippen LogP contribution in [0.15, 0.2) is 53.5 Å². The molecule has 2 aromatic carbocycles. The van der Waals surface area contributed by atoms with Crippen molar-refractivity contribution < 1.29 is 9.18 Å². The molecule has 2 amide bonds. The Labute approximate surface area is 170 Å². The SMILES string of the molecule is O=C1NCC(c2ccc(-c3ccc(Cl)s3)cc2F)N1c1ccc2c(c1)N=CC2. The van der Waals surface area contributed by atoms with Gasteiger partial charge in [-0.2, -0.15) is 0 Å². The standard InChI is InChI=1S/C21H15ClFN3OS/c22-20-6-5-19(28-20)13-2-4-15(16(23)9-13)18-11-25-21(27)26(18)14-3-1-12-7-8-24-17(12)10-14/h1-6,8-10,18H,7,11H2,(H,25,27). The van der Waals surface area contributed by atoms with Gasteiger partial charge in [-0.05, 0) is 41.5 Å². The third-order valence-corrected chi connectivity index (χ3v) is 6.36. The van der Waals surface area contributed by atoms with E-state index >= 15 is 4.39 Å². The molecule has 1 N–H and O–H groups in total. The first-order valence-electron chi connectivity index (χ1n) is 8.88. The van der Waals surface area contributed by atoms with Gasteiger partial charge in [-0.15, -0.1) is 11.3 Å². The number of hydrogen-bond acceptors (Lipinski definition) is 3. The molecule has 5 rings (SSSR count). The van der Waals surface area contributed by atoms with Gasteiger partial charge in [-0.1, -0.05) is 29.8 Å². The molecule has 2 aliphatic heterocycles. The van der Waals surface area contributed by atoms with Crippen molar-refractivity contribution in [1.82, 2.24) is 5.32 Å². The van der Waals surface area contributed by atoms with Gasteiger partial charge < -0.3 is 5.32 Å². The molecule has 140 valence electrons. The lowest BCUT2D eigenvalue weighted by molar-refractivity contribution is 0.251. The van der Waals surface area contributed by atoms with Gasteiger partial charge in [-0.3, -0.25) is 9.89 Å². The summed E-state index contributed by atoms with van der Waals surface area (Å²) >= 11 is 7.40. The Bertz CT molecular complexity index is 1130. The molecule has 0 aliphatic carbocycles. The highest BCUT2D eigenvalue weighted by molar-refractivity contribution is 7.19. The lowest BCUT2D eigenvalue weighted by Crippen LogP contribution is -2.30. The van der Waals surface area contributed by atoms with Crippen LogP contribution in [0.4, 0.5) is 20.6 Å². The van der Waals surface area contributed by atoms with Crippen LogP contribution in [0.3, 0.4) is 0 Å². The number of urea groups is 1. The zero-order chi connectivity index (χ0) is 19.3. The normalized spacial score (nSPS) is 17.9. The van der Waals surface area contributed by atoms with Crippen molar-refractivity contribution in [2.24, 2.45) is 4.99 Å². The van der Waals surface area contributed by atoms with Gasteiger partial charge in [0.2, 0.25) is 0 Å². The molecule has 0 saturated carbocycles. The average Bonchev–Trinajstić information content (AvgIpc) is 3.40. The molecule has 1 atom stereocenters. The van der Waals surface area contributed by atoms with Crippen LogP contribution in [0.5, 0.6) is 0 Å². The van der Waals surface area contributed by atoms with Gasteiger partial charge in [0.1, 0.15) is 5.82 Å². The minimum absolute atomic E-state index is 0.236. The number of nitrogens with one attached hydrogen (secondary N) is 1. The fraction of sp³-hybridized carbons (Fsp3) is 0.143. The summed E-state index contributed by atoms with van der Waals surface area (Å²) in [5.41, 5.74) is 3.96. The number of nitrogens with zero attached hydrogens (tertiary/aromatic N) is 2. The number of amides is 2. The van der Waals surface area contributed by atoms with E-state index in [4.69, 9.17) is 11.6 Å². The summed E-state index contributed by atoms with van der Waals surface area (Å²) in [5, 5.41) is 2.83. The summed E-state index contributed by atoms with van der Waals surface area (Å²) in [5.74, 6) is -0.340. The molecule has 3 heterocycles. The monoisotopic (exact) mass is 411 g/mol. The maximum atomic E-state index is 15.0. The molecule has 4 nitrogen and oxygen atoms in total. The topological polar surface area (TPSA) is 44.7 Å². The molecule has 2 aliphatic rings. The second-order valence-corrected chi connectivity index (χ2v) is 8.46. The Morgan fingerprint density at radius 3 is 2.86 bits per heavy atom. The number of fused-ring (bicyclic) bond motifs is 1. The molecule has 7 heteroatoms. The first-order chi connectivity index (χ1) is 13.6. The Morgan fingerprint density at radius 1 is 1.18 bits per heavy atom. The minimum Gasteiger partial charge on any atom is -0.335 e. The van der Waals surface area contributed by atoms with E-state index in [1.165, 1.54) is 17.4 Å². The molecule has 28 heavy (non-hydrogen) atoms. The van der Waals surface area contributed by atoms with Crippen LogP contribution in [0.25, 0.3) is 10.4 Å². The molecule has 1 fully saturated rings. The van der Waals surface area contributed by atoms with Crippen molar-refractivity contribution in [2.75, 3.05) is 11.4 Å². The third kappa shape index (κ3) is 2.89. The number of rotatable bonds is 3. The molecule has 1 saturated heterocycles. The summed E-state index contributed by atoms with van der Waals surface area (Å²) in [6, 6.07) is 13.9. The van der Waals surface area contributed by atoms with E-state index in [9.17, 15) is 4.79 Å². The minimum atomic E-state index is -0.420. The second kappa shape index (κ2) is 6.72. The summed E-state index contributed by atoms with van der Waals surface area (Å²) in [6.07, 6.45) is 2.65. The summed E-state index contributed by atoms with van der Waals surface area (Å²) in [4.78, 5) is 19.4. The van der Waals surface area contributed by atoms with Gasteiger partial charge in [0, 0.05) is 35.3 Å². The molecule has 3 aromatic rings. The number of aliphatic imine (C=N–C) groups is 1. The lowest BCUT2D eigenvalue weighted by Gasteiger charge is -2.24. The third-order valence-electron chi connectivity index (χ3n) is 5.08. The van der Waals surface area contributed by atoms with Crippen LogP contribution in [0.2, 0.25) is 4.34 Å². The highest BCUT2D eigenvalue weighted by Gasteiger charge is 2.35. The van der Waals surface area contributed by atoms with Crippen molar-refractivity contribution in [3.8, 4) is 10.4 Å². The van der Waals surface area contributed by atoms with Gasteiger partial charge in [-0.25, -0.2) is 9.18 Å². The van der Waals surface area contributed by atoms with Crippen molar-refractivity contribution in [2.45, 2.75) is 12.5 Å². The number of halogens is 2. The highest BCUT2D eigenvalue weighted by Crippen LogP contribution is 2.38. The van der Waals surface area contributed by atoms with E-state index in [2.05, 4.69) is 10.3 Å². The molecule has 1 unspecified atom stereocenters. The fourth-order valence-corrected chi connectivity index (χ4v) is 4.74. The van der Waals surface area contributed by atoms with E-state index in [-0.39, 0.29) is 11.8 Å². The molecule has 1 aromatic heterocycles. The quantitative estimate of drug-likeness (QED) is 0.587. The van der Waals surface area contributed by atoms with E-state index in [1.54, 1.807) is 17.0 Å². The fourth-order valence-electron chi connectivity index (χ4n) is 3.71. The summed E-state index contributed by atoms with van der Waals surface area (Å²) in [7, 11) is 0. The zero-order valence-corrected chi connectivity index (χ0v) is 16.2. The van der Waals surface area contributed by atoms with E-state index < -0.39 is 6.04 Å². The van der Waals surface area contributed by atoms with E-state index in [1.807, 2.05) is 36.5 Å². The molecule has 0 bridgehead atoms. The predicted molar refractivity (Wildman–Crippen MR) is 112 cm³/mol. The van der Waals surface area contributed by atoms with Crippen LogP contribution < -0.4 is 10.2 Å². The van der Waals surface area contributed by atoms with E-state index in [0.717, 1.165) is 28.1 Å². The van der Waals surface area contributed by atoms with Gasteiger partial charge in [0.05, 0.1) is 16.1 Å². The Kier molecular flexibility index (Phi) is 4.18. The smallest absolute Gasteiger partial charge is 0.322 e. The summed E-state index contributed by atoms with van der Waals surface area (Å²) in [6.45, 7) is 0.348. The number of carbonyl (C=O) groups excluding carboxylic acids is 1. The largest absolute Gasteiger partial charge is 0.335 e. The Balaban J connectivity index is 1.51. The van der Waals surface area contributed by atoms with Gasteiger partial charge in [0.15, 0.2) is 0 Å². The Hall–Kier alpha value is -2.70. The van der Waals surface area contributed by atoms with Crippen LogP contribution >= 0.6 is 22.9 Å². The highest BCUT2D eigenvalue weighted by atomic mass is 35.5. The van der Waals surface area contributed by atoms with Crippen LogP contribution in [-0.2, 0) is 6.42 Å². The zero-order valence-electron chi connectivity index (χ0n) is 14.7. The molecule has 0 radical (unpaired) electrons. The number of thiophene rings is 1. The van der Waals surface area contributed by atoms with Crippen molar-refractivity contribution >= 4 is 46.6 Å². The van der Waals surface area contributed by atoms with Gasteiger partial charge in [0.25, 0.3) is 0 Å².